The third-order valence-electron chi connectivity index (χ3n) is 3.40. The fraction of sp³-hybridized carbons (Fsp3) is 0.158. The van der Waals surface area contributed by atoms with Crippen LogP contribution in [0.2, 0.25) is 5.02 Å². The highest BCUT2D eigenvalue weighted by Crippen LogP contribution is 2.28. The van der Waals surface area contributed by atoms with Crippen LogP contribution >= 0.6 is 22.9 Å². The normalized spacial score (nSPS) is 10.5. The molecule has 1 aromatic heterocycles. The molecule has 0 aliphatic heterocycles. The van der Waals surface area contributed by atoms with Crippen LogP contribution in [0.25, 0.3) is 10.6 Å². The molecule has 0 spiro atoms. The van der Waals surface area contributed by atoms with Gasteiger partial charge in [0.2, 0.25) is 0 Å². The highest BCUT2D eigenvalue weighted by atomic mass is 35.5. The first-order chi connectivity index (χ1) is 12.1. The number of esters is 1. The topological polar surface area (TPSA) is 48.4 Å². The Labute approximate surface area is 155 Å². The van der Waals surface area contributed by atoms with Gasteiger partial charge in [0, 0.05) is 10.6 Å². The van der Waals surface area contributed by atoms with Gasteiger partial charge >= 0.3 is 5.97 Å². The Kier molecular flexibility index (Phi) is 5.68. The standard InChI is InChI=1S/C19H16ClNO3S/c1-13-17(25-18(21-13)14-5-3-2-4-6-14)19(22)24-12-11-23-16-9-7-15(20)8-10-16/h2-10H,11-12H2,1H3. The summed E-state index contributed by atoms with van der Waals surface area (Å²) in [7, 11) is 0. The Morgan fingerprint density at radius 2 is 1.80 bits per heavy atom. The molecule has 0 radical (unpaired) electrons. The van der Waals surface area contributed by atoms with E-state index in [1.165, 1.54) is 11.3 Å². The van der Waals surface area contributed by atoms with Crippen LogP contribution in [0, 0.1) is 6.92 Å². The number of rotatable bonds is 6. The lowest BCUT2D eigenvalue weighted by Crippen LogP contribution is -2.12. The minimum absolute atomic E-state index is 0.166. The fourth-order valence-corrected chi connectivity index (χ4v) is 3.27. The van der Waals surface area contributed by atoms with E-state index in [4.69, 9.17) is 21.1 Å². The average Bonchev–Trinajstić information content (AvgIpc) is 3.03. The summed E-state index contributed by atoms with van der Waals surface area (Å²) >= 11 is 7.15. The molecule has 0 atom stereocenters. The maximum atomic E-state index is 12.2. The molecule has 0 unspecified atom stereocenters. The van der Waals surface area contributed by atoms with Gasteiger partial charge < -0.3 is 9.47 Å². The van der Waals surface area contributed by atoms with E-state index in [1.807, 2.05) is 37.3 Å². The highest BCUT2D eigenvalue weighted by Gasteiger charge is 2.17. The monoisotopic (exact) mass is 373 g/mol. The molecule has 0 amide bonds. The lowest BCUT2D eigenvalue weighted by Gasteiger charge is -2.07. The van der Waals surface area contributed by atoms with Crippen LogP contribution in [0.3, 0.4) is 0 Å². The predicted octanol–water partition coefficient (Wildman–Crippen LogP) is 5.01. The summed E-state index contributed by atoms with van der Waals surface area (Å²) in [6, 6.07) is 16.8. The summed E-state index contributed by atoms with van der Waals surface area (Å²) in [6.07, 6.45) is 0. The highest BCUT2D eigenvalue weighted by molar-refractivity contribution is 7.17. The molecule has 4 nitrogen and oxygen atoms in total. The number of nitrogens with zero attached hydrogens (tertiary/aromatic N) is 1. The van der Waals surface area contributed by atoms with Crippen molar-refractivity contribution >= 4 is 28.9 Å². The van der Waals surface area contributed by atoms with Crippen molar-refractivity contribution in [3.8, 4) is 16.3 Å². The van der Waals surface area contributed by atoms with Crippen LogP contribution in [0.5, 0.6) is 5.75 Å². The van der Waals surface area contributed by atoms with E-state index in [1.54, 1.807) is 24.3 Å². The summed E-state index contributed by atoms with van der Waals surface area (Å²) in [5, 5.41) is 1.45. The van der Waals surface area contributed by atoms with Crippen molar-refractivity contribution in [2.45, 2.75) is 6.92 Å². The van der Waals surface area contributed by atoms with Crippen LogP contribution in [0.1, 0.15) is 15.4 Å². The zero-order chi connectivity index (χ0) is 17.6. The second-order valence-corrected chi connectivity index (χ2v) is 6.67. The van der Waals surface area contributed by atoms with E-state index in [0.29, 0.717) is 21.3 Å². The molecule has 128 valence electrons. The summed E-state index contributed by atoms with van der Waals surface area (Å²) in [4.78, 5) is 17.2. The summed E-state index contributed by atoms with van der Waals surface area (Å²) in [6.45, 7) is 2.25. The van der Waals surface area contributed by atoms with Gasteiger partial charge in [-0.05, 0) is 31.2 Å². The van der Waals surface area contributed by atoms with Gasteiger partial charge in [-0.1, -0.05) is 41.9 Å². The lowest BCUT2D eigenvalue weighted by atomic mass is 10.2. The summed E-state index contributed by atoms with van der Waals surface area (Å²) in [5.74, 6) is 0.303. The van der Waals surface area contributed by atoms with Gasteiger partial charge in [-0.3, -0.25) is 0 Å². The molecule has 3 aromatic rings. The molecular formula is C19H16ClNO3S. The van der Waals surface area contributed by atoms with Crippen molar-refractivity contribution in [2.24, 2.45) is 0 Å². The molecule has 0 N–H and O–H groups in total. The number of hydrogen-bond acceptors (Lipinski definition) is 5. The Morgan fingerprint density at radius 1 is 1.08 bits per heavy atom. The number of halogens is 1. The minimum atomic E-state index is -0.378. The Bertz CT molecular complexity index is 847. The molecule has 2 aromatic carbocycles. The third-order valence-corrected chi connectivity index (χ3v) is 4.84. The van der Waals surface area contributed by atoms with Gasteiger partial charge in [-0.25, -0.2) is 9.78 Å². The first-order valence-electron chi connectivity index (χ1n) is 7.72. The van der Waals surface area contributed by atoms with Crippen LogP contribution in [0.4, 0.5) is 0 Å². The lowest BCUT2D eigenvalue weighted by molar-refractivity contribution is 0.0455. The largest absolute Gasteiger partial charge is 0.490 e. The van der Waals surface area contributed by atoms with Crippen molar-refractivity contribution in [3.05, 3.63) is 70.2 Å². The van der Waals surface area contributed by atoms with Crippen LogP contribution in [0.15, 0.2) is 54.6 Å². The Balaban J connectivity index is 1.55. The maximum Gasteiger partial charge on any atom is 0.350 e. The van der Waals surface area contributed by atoms with Gasteiger partial charge in [0.05, 0.1) is 5.69 Å². The molecule has 0 bridgehead atoms. The number of ether oxygens (including phenoxy) is 2. The number of carbonyl (C=O) groups excluding carboxylic acids is 1. The third kappa shape index (κ3) is 4.59. The number of carbonyl (C=O) groups is 1. The number of thiazole rings is 1. The number of hydrogen-bond donors (Lipinski definition) is 0. The molecular weight excluding hydrogens is 358 g/mol. The first-order valence-corrected chi connectivity index (χ1v) is 8.91. The fourth-order valence-electron chi connectivity index (χ4n) is 2.18. The number of benzene rings is 2. The molecule has 0 fully saturated rings. The van der Waals surface area contributed by atoms with Crippen LogP contribution in [-0.4, -0.2) is 24.2 Å². The average molecular weight is 374 g/mol. The summed E-state index contributed by atoms with van der Waals surface area (Å²) < 4.78 is 10.8. The molecule has 3 rings (SSSR count). The Morgan fingerprint density at radius 3 is 2.52 bits per heavy atom. The van der Waals surface area contributed by atoms with Gasteiger partial charge in [0.1, 0.15) is 28.8 Å². The first kappa shape index (κ1) is 17.5. The number of aryl methyl sites for hydroxylation is 1. The van der Waals surface area contributed by atoms with Crippen LogP contribution in [-0.2, 0) is 4.74 Å². The van der Waals surface area contributed by atoms with Gasteiger partial charge in [-0.15, -0.1) is 11.3 Å². The van der Waals surface area contributed by atoms with Gasteiger partial charge in [0.25, 0.3) is 0 Å². The smallest absolute Gasteiger partial charge is 0.350 e. The van der Waals surface area contributed by atoms with E-state index in [0.717, 1.165) is 10.6 Å². The van der Waals surface area contributed by atoms with E-state index in [9.17, 15) is 4.79 Å². The molecule has 0 saturated carbocycles. The zero-order valence-corrected chi connectivity index (χ0v) is 15.1. The SMILES string of the molecule is Cc1nc(-c2ccccc2)sc1C(=O)OCCOc1ccc(Cl)cc1. The van der Waals surface area contributed by atoms with Crippen molar-refractivity contribution in [1.29, 1.82) is 0 Å². The zero-order valence-electron chi connectivity index (χ0n) is 13.6. The number of aromatic nitrogens is 1. The maximum absolute atomic E-state index is 12.2. The van der Waals surface area contributed by atoms with Gasteiger partial charge in [-0.2, -0.15) is 0 Å². The molecule has 0 aliphatic carbocycles. The van der Waals surface area contributed by atoms with Crippen molar-refractivity contribution < 1.29 is 14.3 Å². The van der Waals surface area contributed by atoms with Crippen molar-refractivity contribution in [2.75, 3.05) is 13.2 Å². The predicted molar refractivity (Wildman–Crippen MR) is 99.5 cm³/mol. The van der Waals surface area contributed by atoms with Crippen LogP contribution < -0.4 is 4.74 Å². The van der Waals surface area contributed by atoms with Gasteiger partial charge in [0.15, 0.2) is 0 Å². The second-order valence-electron chi connectivity index (χ2n) is 5.24. The van der Waals surface area contributed by atoms with Crippen molar-refractivity contribution in [1.82, 2.24) is 4.98 Å². The van der Waals surface area contributed by atoms with E-state index in [-0.39, 0.29) is 19.2 Å². The van der Waals surface area contributed by atoms with E-state index < -0.39 is 0 Å². The second kappa shape index (κ2) is 8.14. The molecule has 6 heteroatoms. The van der Waals surface area contributed by atoms with E-state index >= 15 is 0 Å². The quantitative estimate of drug-likeness (QED) is 0.450. The van der Waals surface area contributed by atoms with E-state index in [2.05, 4.69) is 4.98 Å². The molecule has 25 heavy (non-hydrogen) atoms. The summed E-state index contributed by atoms with van der Waals surface area (Å²) in [5.41, 5.74) is 1.66. The Hall–Kier alpha value is -2.37. The molecule has 0 saturated heterocycles. The van der Waals surface area contributed by atoms with Crippen molar-refractivity contribution in [3.63, 3.8) is 0 Å². The molecule has 0 aliphatic rings. The minimum Gasteiger partial charge on any atom is -0.490 e. The molecule has 1 heterocycles.